The van der Waals surface area contributed by atoms with E-state index in [0.717, 1.165) is 36.6 Å². The molecule has 0 aliphatic carbocycles. The number of carbonyl (C=O) groups is 1. The van der Waals surface area contributed by atoms with E-state index in [0.29, 0.717) is 12.4 Å². The average molecular weight is 338 g/mol. The molecule has 1 saturated heterocycles. The molecule has 25 heavy (non-hydrogen) atoms. The Balaban J connectivity index is 1.67. The Bertz CT molecular complexity index is 711. The number of nitrogens with one attached hydrogen (secondary N) is 1. The molecule has 0 unspecified atom stereocenters. The molecule has 0 bridgehead atoms. The summed E-state index contributed by atoms with van der Waals surface area (Å²) in [7, 11) is 0. The maximum absolute atomic E-state index is 12.6. The van der Waals surface area contributed by atoms with Crippen LogP contribution in [0.5, 0.6) is 0 Å². The predicted molar refractivity (Wildman–Crippen MR) is 99.5 cm³/mol. The van der Waals surface area contributed by atoms with E-state index in [9.17, 15) is 4.79 Å². The maximum atomic E-state index is 12.6. The third kappa shape index (κ3) is 4.35. The summed E-state index contributed by atoms with van der Waals surface area (Å²) in [5.41, 5.74) is 1.99. The molecule has 5 nitrogen and oxygen atoms in total. The molecule has 1 amide bonds. The van der Waals surface area contributed by atoms with Gasteiger partial charge in [-0.05, 0) is 31.7 Å². The largest absolute Gasteiger partial charge is 0.357 e. The van der Waals surface area contributed by atoms with E-state index < -0.39 is 0 Å². The Morgan fingerprint density at radius 3 is 2.60 bits per heavy atom. The van der Waals surface area contributed by atoms with Crippen LogP contribution in [0.3, 0.4) is 0 Å². The van der Waals surface area contributed by atoms with Crippen molar-refractivity contribution in [3.63, 3.8) is 0 Å². The van der Waals surface area contributed by atoms with Gasteiger partial charge in [0.2, 0.25) is 5.91 Å². The minimum absolute atomic E-state index is 0.0292. The molecular formula is C20H26N4O. The average Bonchev–Trinajstić information content (AvgIpc) is 3.16. The van der Waals surface area contributed by atoms with Crippen LogP contribution < -0.4 is 10.2 Å². The molecule has 1 aromatic carbocycles. The van der Waals surface area contributed by atoms with E-state index in [1.165, 1.54) is 12.8 Å². The highest BCUT2D eigenvalue weighted by Gasteiger charge is 2.19. The van der Waals surface area contributed by atoms with E-state index >= 15 is 0 Å². The number of anilines is 1. The third-order valence-corrected chi connectivity index (χ3v) is 4.66. The van der Waals surface area contributed by atoms with Crippen molar-refractivity contribution in [2.45, 2.75) is 45.6 Å². The van der Waals surface area contributed by atoms with Crippen molar-refractivity contribution >= 4 is 11.7 Å². The highest BCUT2D eigenvalue weighted by Crippen LogP contribution is 2.20. The molecule has 0 saturated carbocycles. The standard InChI is InChI=1S/C20H26N4O/c1-3-17(16-9-5-4-6-10-16)20(25)21-14-18-22-15(2)13-19(23-18)24-11-7-8-12-24/h4-6,9-10,13,17H,3,7-8,11-12,14H2,1-2H3,(H,21,25)/t17-/m0/s1. The van der Waals surface area contributed by atoms with Gasteiger partial charge in [0.05, 0.1) is 12.5 Å². The number of nitrogens with zero attached hydrogens (tertiary/aromatic N) is 3. The molecule has 2 aromatic rings. The van der Waals surface area contributed by atoms with Gasteiger partial charge in [-0.3, -0.25) is 4.79 Å². The Labute approximate surface area is 149 Å². The summed E-state index contributed by atoms with van der Waals surface area (Å²) in [6, 6.07) is 11.9. The molecule has 2 heterocycles. The Hall–Kier alpha value is -2.43. The summed E-state index contributed by atoms with van der Waals surface area (Å²) >= 11 is 0. The number of hydrogen-bond donors (Lipinski definition) is 1. The van der Waals surface area contributed by atoms with E-state index in [4.69, 9.17) is 0 Å². The van der Waals surface area contributed by atoms with Crippen molar-refractivity contribution in [2.24, 2.45) is 0 Å². The van der Waals surface area contributed by atoms with Crippen LogP contribution in [0.2, 0.25) is 0 Å². The summed E-state index contributed by atoms with van der Waals surface area (Å²) in [5.74, 6) is 1.55. The fraction of sp³-hybridized carbons (Fsp3) is 0.450. The van der Waals surface area contributed by atoms with Crippen LogP contribution in [0.25, 0.3) is 0 Å². The van der Waals surface area contributed by atoms with E-state index in [-0.39, 0.29) is 11.8 Å². The van der Waals surface area contributed by atoms with Gasteiger partial charge in [-0.15, -0.1) is 0 Å². The third-order valence-electron chi connectivity index (χ3n) is 4.66. The van der Waals surface area contributed by atoms with Gasteiger partial charge in [0, 0.05) is 24.8 Å². The van der Waals surface area contributed by atoms with Crippen LogP contribution in [0, 0.1) is 6.92 Å². The van der Waals surface area contributed by atoms with Gasteiger partial charge in [0.15, 0.2) is 0 Å². The fourth-order valence-corrected chi connectivity index (χ4v) is 3.35. The van der Waals surface area contributed by atoms with Gasteiger partial charge in [0.1, 0.15) is 11.6 Å². The zero-order chi connectivity index (χ0) is 17.6. The number of amides is 1. The van der Waals surface area contributed by atoms with Crippen molar-refractivity contribution in [1.29, 1.82) is 0 Å². The molecule has 0 radical (unpaired) electrons. The lowest BCUT2D eigenvalue weighted by atomic mass is 9.96. The summed E-state index contributed by atoms with van der Waals surface area (Å²) in [6.45, 7) is 6.48. The van der Waals surface area contributed by atoms with E-state index in [2.05, 4.69) is 20.2 Å². The van der Waals surface area contributed by atoms with E-state index in [1.807, 2.05) is 50.2 Å². The summed E-state index contributed by atoms with van der Waals surface area (Å²) in [5, 5.41) is 3.01. The first-order valence-corrected chi connectivity index (χ1v) is 9.09. The molecule has 1 aromatic heterocycles. The van der Waals surface area contributed by atoms with Crippen LogP contribution in [0.1, 0.15) is 49.2 Å². The molecule has 1 aliphatic rings. The zero-order valence-corrected chi connectivity index (χ0v) is 15.0. The van der Waals surface area contributed by atoms with Gasteiger partial charge in [-0.2, -0.15) is 0 Å². The van der Waals surface area contributed by atoms with Crippen LogP contribution >= 0.6 is 0 Å². The highest BCUT2D eigenvalue weighted by molar-refractivity contribution is 5.83. The van der Waals surface area contributed by atoms with Crippen LogP contribution in [-0.4, -0.2) is 29.0 Å². The summed E-state index contributed by atoms with van der Waals surface area (Å²) in [6.07, 6.45) is 3.19. The number of aromatic nitrogens is 2. The second kappa shape index (κ2) is 8.10. The Morgan fingerprint density at radius 2 is 1.92 bits per heavy atom. The minimum atomic E-state index is -0.135. The first-order valence-electron chi connectivity index (χ1n) is 9.09. The Morgan fingerprint density at radius 1 is 1.20 bits per heavy atom. The first kappa shape index (κ1) is 17.4. The monoisotopic (exact) mass is 338 g/mol. The molecule has 1 N–H and O–H groups in total. The van der Waals surface area contributed by atoms with Crippen LogP contribution in [0.4, 0.5) is 5.82 Å². The van der Waals surface area contributed by atoms with Gasteiger partial charge in [-0.25, -0.2) is 9.97 Å². The molecule has 3 rings (SSSR count). The first-order chi connectivity index (χ1) is 12.2. The van der Waals surface area contributed by atoms with Crippen molar-refractivity contribution in [3.8, 4) is 0 Å². The van der Waals surface area contributed by atoms with Gasteiger partial charge in [0.25, 0.3) is 0 Å². The number of rotatable bonds is 6. The lowest BCUT2D eigenvalue weighted by Gasteiger charge is -2.18. The van der Waals surface area contributed by atoms with Gasteiger partial charge in [-0.1, -0.05) is 37.3 Å². The van der Waals surface area contributed by atoms with Crippen molar-refractivity contribution in [3.05, 3.63) is 53.5 Å². The number of aryl methyl sites for hydroxylation is 1. The number of benzene rings is 1. The topological polar surface area (TPSA) is 58.1 Å². The van der Waals surface area contributed by atoms with Crippen molar-refractivity contribution in [2.75, 3.05) is 18.0 Å². The smallest absolute Gasteiger partial charge is 0.227 e. The highest BCUT2D eigenvalue weighted by atomic mass is 16.1. The second-order valence-corrected chi connectivity index (χ2v) is 6.57. The van der Waals surface area contributed by atoms with Crippen LogP contribution in [-0.2, 0) is 11.3 Å². The van der Waals surface area contributed by atoms with Crippen molar-refractivity contribution < 1.29 is 4.79 Å². The lowest BCUT2D eigenvalue weighted by molar-refractivity contribution is -0.122. The van der Waals surface area contributed by atoms with Gasteiger partial charge < -0.3 is 10.2 Å². The maximum Gasteiger partial charge on any atom is 0.227 e. The van der Waals surface area contributed by atoms with Crippen molar-refractivity contribution in [1.82, 2.24) is 15.3 Å². The summed E-state index contributed by atoms with van der Waals surface area (Å²) in [4.78, 5) is 24.0. The molecule has 1 aliphatic heterocycles. The van der Waals surface area contributed by atoms with Crippen LogP contribution in [0.15, 0.2) is 36.4 Å². The normalized spacial score (nSPS) is 15.2. The predicted octanol–water partition coefficient (Wildman–Crippen LogP) is 3.20. The quantitative estimate of drug-likeness (QED) is 0.879. The lowest BCUT2D eigenvalue weighted by Crippen LogP contribution is -2.30. The SMILES string of the molecule is CC[C@H](C(=O)NCc1nc(C)cc(N2CCCC2)n1)c1ccccc1. The molecule has 132 valence electrons. The minimum Gasteiger partial charge on any atom is -0.357 e. The zero-order valence-electron chi connectivity index (χ0n) is 15.0. The van der Waals surface area contributed by atoms with E-state index in [1.54, 1.807) is 0 Å². The Kier molecular flexibility index (Phi) is 5.64. The molecule has 5 heteroatoms. The number of carbonyl (C=O) groups excluding carboxylic acids is 1. The molecule has 1 fully saturated rings. The summed E-state index contributed by atoms with van der Waals surface area (Å²) < 4.78 is 0. The number of hydrogen-bond acceptors (Lipinski definition) is 4. The fourth-order valence-electron chi connectivity index (χ4n) is 3.35. The van der Waals surface area contributed by atoms with Gasteiger partial charge >= 0.3 is 0 Å². The molecule has 1 atom stereocenters. The second-order valence-electron chi connectivity index (χ2n) is 6.57. The molecular weight excluding hydrogens is 312 g/mol. The molecule has 0 spiro atoms.